The van der Waals surface area contributed by atoms with Gasteiger partial charge in [0.05, 0.1) is 5.52 Å². The van der Waals surface area contributed by atoms with Crippen molar-refractivity contribution in [1.29, 1.82) is 0 Å². The van der Waals surface area contributed by atoms with Gasteiger partial charge in [0.2, 0.25) is 0 Å². The quantitative estimate of drug-likeness (QED) is 0.742. The van der Waals surface area contributed by atoms with Crippen LogP contribution in [-0.2, 0) is 0 Å². The Kier molecular flexibility index (Phi) is 3.24. The van der Waals surface area contributed by atoms with Gasteiger partial charge in [-0.25, -0.2) is 0 Å². The van der Waals surface area contributed by atoms with Crippen LogP contribution in [0.2, 0.25) is 0 Å². The van der Waals surface area contributed by atoms with E-state index in [9.17, 15) is 10.0 Å². The number of benzene rings is 1. The molecule has 3 aliphatic heterocycles. The Morgan fingerprint density at radius 3 is 2.86 bits per heavy atom. The largest absolute Gasteiger partial charge is 0.761 e. The lowest BCUT2D eigenvalue weighted by Crippen LogP contribution is -2.57. The van der Waals surface area contributed by atoms with Gasteiger partial charge in [0, 0.05) is 23.7 Å². The van der Waals surface area contributed by atoms with E-state index in [-0.39, 0.29) is 11.9 Å². The van der Waals surface area contributed by atoms with Crippen LogP contribution in [0, 0.1) is 11.1 Å². The van der Waals surface area contributed by atoms with Crippen molar-refractivity contribution in [2.45, 2.75) is 18.9 Å². The minimum atomic E-state index is -0.173. The normalized spacial score (nSPS) is 27.0. The first kappa shape index (κ1) is 13.5. The highest BCUT2D eigenvalue weighted by Crippen LogP contribution is 2.28. The van der Waals surface area contributed by atoms with E-state index in [4.69, 9.17) is 0 Å². The van der Waals surface area contributed by atoms with Crippen LogP contribution < -0.4 is 10.8 Å². The molecule has 2 aromatic rings. The molecule has 1 atom stereocenters. The molecule has 1 amide bonds. The molecule has 3 N–H and O–H groups in total. The lowest BCUT2D eigenvalue weighted by molar-refractivity contribution is 0.0618. The van der Waals surface area contributed by atoms with Crippen LogP contribution in [0.5, 0.6) is 0 Å². The highest BCUT2D eigenvalue weighted by atomic mass is 16.5. The summed E-state index contributed by atoms with van der Waals surface area (Å²) in [5.41, 5.74) is 3.37. The van der Waals surface area contributed by atoms with Crippen molar-refractivity contribution in [3.63, 3.8) is 0 Å². The summed E-state index contributed by atoms with van der Waals surface area (Å²) in [6.45, 7) is 3.20. The molecule has 3 aliphatic rings. The topological polar surface area (TPSA) is 96.1 Å². The molecule has 3 saturated heterocycles. The van der Waals surface area contributed by atoms with Crippen molar-refractivity contribution in [3.05, 3.63) is 29.1 Å². The Bertz CT molecular complexity index is 705. The molecule has 0 spiro atoms. The molecule has 22 heavy (non-hydrogen) atoms. The molecule has 116 valence electrons. The van der Waals surface area contributed by atoms with E-state index in [2.05, 4.69) is 20.4 Å². The van der Waals surface area contributed by atoms with Crippen LogP contribution in [0.3, 0.4) is 0 Å². The van der Waals surface area contributed by atoms with Crippen molar-refractivity contribution >= 4 is 22.5 Å². The van der Waals surface area contributed by atoms with Crippen molar-refractivity contribution in [3.8, 4) is 0 Å². The van der Waals surface area contributed by atoms with E-state index in [0.717, 1.165) is 38.0 Å². The number of piperidine rings is 3. The summed E-state index contributed by atoms with van der Waals surface area (Å²) >= 11 is 0. The van der Waals surface area contributed by atoms with Crippen LogP contribution in [0.25, 0.3) is 10.9 Å². The molecule has 0 aliphatic carbocycles. The van der Waals surface area contributed by atoms with E-state index in [1.807, 2.05) is 5.48 Å². The number of H-pyrrole nitrogens is 1. The predicted octanol–water partition coefficient (Wildman–Crippen LogP) is 1.30. The molecule has 1 aromatic heterocycles. The average Bonchev–Trinajstić information content (AvgIpc) is 2.99. The van der Waals surface area contributed by atoms with E-state index in [1.54, 1.807) is 18.2 Å². The van der Waals surface area contributed by atoms with Gasteiger partial charge in [-0.3, -0.25) is 9.89 Å². The molecule has 0 radical (unpaired) electrons. The number of hydrogen-bond donors (Lipinski definition) is 3. The third-order valence-electron chi connectivity index (χ3n) is 4.87. The first-order valence-electron chi connectivity index (χ1n) is 7.64. The lowest BCUT2D eigenvalue weighted by Gasteiger charge is -2.44. The highest BCUT2D eigenvalue weighted by molar-refractivity contribution is 6.05. The van der Waals surface area contributed by atoms with Gasteiger partial charge in [-0.2, -0.15) is 5.10 Å². The van der Waals surface area contributed by atoms with Crippen LogP contribution in [-0.4, -0.2) is 46.7 Å². The van der Waals surface area contributed by atoms with E-state index in [0.29, 0.717) is 22.7 Å². The molecule has 5 rings (SSSR count). The summed E-state index contributed by atoms with van der Waals surface area (Å²) in [6.07, 6.45) is 2.30. The van der Waals surface area contributed by atoms with Gasteiger partial charge in [0.1, 0.15) is 0 Å². The van der Waals surface area contributed by atoms with Crippen molar-refractivity contribution in [1.82, 2.24) is 20.4 Å². The zero-order chi connectivity index (χ0) is 15.1. The molecule has 3 fully saturated rings. The highest BCUT2D eigenvalue weighted by Gasteiger charge is 2.35. The maximum absolute atomic E-state index is 12.6. The Morgan fingerprint density at radius 1 is 1.36 bits per heavy atom. The van der Waals surface area contributed by atoms with Crippen molar-refractivity contribution in [2.75, 3.05) is 25.1 Å². The van der Waals surface area contributed by atoms with Crippen molar-refractivity contribution < 1.29 is 4.79 Å². The van der Waals surface area contributed by atoms with Crippen LogP contribution in [0.1, 0.15) is 23.3 Å². The summed E-state index contributed by atoms with van der Waals surface area (Å²) in [6, 6.07) is 5.25. The number of aromatic amines is 1. The number of anilines is 1. The van der Waals surface area contributed by atoms with Gasteiger partial charge >= 0.3 is 0 Å². The molecule has 7 heteroatoms. The Balaban J connectivity index is 1.57. The van der Waals surface area contributed by atoms with Crippen LogP contribution in [0.4, 0.5) is 5.69 Å². The zero-order valence-electron chi connectivity index (χ0n) is 12.1. The summed E-state index contributed by atoms with van der Waals surface area (Å²) in [5, 5.41) is 21.5. The number of amides is 1. The van der Waals surface area contributed by atoms with Crippen LogP contribution >= 0.6 is 0 Å². The number of carbonyl (C=O) groups is 1. The molecular weight excluding hydrogens is 282 g/mol. The maximum atomic E-state index is 12.6. The van der Waals surface area contributed by atoms with Crippen molar-refractivity contribution in [2.24, 2.45) is 5.92 Å². The fourth-order valence-corrected chi connectivity index (χ4v) is 3.62. The number of nitrogens with one attached hydrogen (secondary N) is 3. The SMILES string of the molecule is O=C(N[C@@H]1CN2CCC1CC2)c1n[nH]c2ccc(N[O-])cc12. The van der Waals surface area contributed by atoms with E-state index < -0.39 is 0 Å². The maximum Gasteiger partial charge on any atom is 0.272 e. The second kappa shape index (κ2) is 5.26. The predicted molar refractivity (Wildman–Crippen MR) is 83.5 cm³/mol. The van der Waals surface area contributed by atoms with E-state index in [1.165, 1.54) is 0 Å². The minimum Gasteiger partial charge on any atom is -0.761 e. The summed E-state index contributed by atoms with van der Waals surface area (Å²) in [4.78, 5) is 14.9. The van der Waals surface area contributed by atoms with Gasteiger partial charge < -0.3 is 20.9 Å². The molecule has 4 heterocycles. The summed E-state index contributed by atoms with van der Waals surface area (Å²) in [5.74, 6) is 0.395. The van der Waals surface area contributed by atoms with Crippen LogP contribution in [0.15, 0.2) is 18.2 Å². The first-order valence-corrected chi connectivity index (χ1v) is 7.64. The lowest BCUT2D eigenvalue weighted by atomic mass is 9.84. The number of fused-ring (bicyclic) bond motifs is 4. The number of hydrogen-bond acceptors (Lipinski definition) is 5. The third kappa shape index (κ3) is 2.22. The molecule has 0 unspecified atom stereocenters. The van der Waals surface area contributed by atoms with Gasteiger partial charge in [-0.1, -0.05) is 0 Å². The van der Waals surface area contributed by atoms with Gasteiger partial charge in [0.15, 0.2) is 5.69 Å². The Labute approximate surface area is 127 Å². The molecule has 2 bridgehead atoms. The summed E-state index contributed by atoms with van der Waals surface area (Å²) < 4.78 is 0. The second-order valence-corrected chi connectivity index (χ2v) is 6.15. The minimum absolute atomic E-state index is 0.173. The zero-order valence-corrected chi connectivity index (χ0v) is 12.1. The fourth-order valence-electron chi connectivity index (χ4n) is 3.62. The second-order valence-electron chi connectivity index (χ2n) is 6.15. The average molecular weight is 300 g/mol. The third-order valence-corrected chi connectivity index (χ3v) is 4.87. The van der Waals surface area contributed by atoms with E-state index >= 15 is 0 Å². The number of nitrogens with zero attached hydrogens (tertiary/aromatic N) is 2. The Hall–Kier alpha value is -2.12. The molecule has 7 nitrogen and oxygen atoms in total. The molecular formula is C15H18N5O2-. The molecule has 0 saturated carbocycles. The number of aromatic nitrogens is 2. The fraction of sp³-hybridized carbons (Fsp3) is 0.467. The first-order chi connectivity index (χ1) is 10.7. The van der Waals surface area contributed by atoms with Gasteiger partial charge in [-0.15, -0.1) is 0 Å². The molecule has 1 aromatic carbocycles. The number of rotatable bonds is 3. The standard InChI is InChI=1S/C15H18N5O2/c21-15(16-13-8-20-5-3-9(13)4-6-20)14-11-7-10(19-22)1-2-12(11)17-18-14/h1-2,7,9,13,19H,3-6,8H2,(H,16,21)(H,17,18)/q-1/t13-/m1/s1. The monoisotopic (exact) mass is 300 g/mol. The van der Waals surface area contributed by atoms with Gasteiger partial charge in [-0.05, 0) is 50.0 Å². The summed E-state index contributed by atoms with van der Waals surface area (Å²) in [7, 11) is 0. The Morgan fingerprint density at radius 2 is 2.18 bits per heavy atom. The number of carbonyl (C=O) groups excluding carboxylic acids is 1. The van der Waals surface area contributed by atoms with Gasteiger partial charge in [0.25, 0.3) is 5.91 Å². The smallest absolute Gasteiger partial charge is 0.272 e.